The first-order valence-corrected chi connectivity index (χ1v) is 19.9. The number of benzene rings is 10. The molecule has 0 saturated carbocycles. The maximum absolute atomic E-state index is 9.80. The van der Waals surface area contributed by atoms with E-state index in [2.05, 4.69) is 127 Å². The van der Waals surface area contributed by atoms with Crippen molar-refractivity contribution in [3.05, 3.63) is 249 Å². The Bertz CT molecular complexity index is 3180. The van der Waals surface area contributed by atoms with Crippen LogP contribution in [-0.2, 0) is 0 Å². The second-order valence-corrected chi connectivity index (χ2v) is 14.7. The number of rotatable bonds is 9. The zero-order chi connectivity index (χ0) is 42.9. The van der Waals surface area contributed by atoms with Gasteiger partial charge in [-0.2, -0.15) is 0 Å². The van der Waals surface area contributed by atoms with Gasteiger partial charge >= 0.3 is 0 Å². The molecule has 59 heavy (non-hydrogen) atoms. The van der Waals surface area contributed by atoms with E-state index in [9.17, 15) is 2.74 Å². The van der Waals surface area contributed by atoms with Crippen LogP contribution in [0.1, 0.15) is 5.48 Å². The van der Waals surface area contributed by atoms with Crippen LogP contribution < -0.4 is 4.90 Å². The fraction of sp³-hybridized carbons (Fsp3) is 0. The van der Waals surface area contributed by atoms with E-state index >= 15 is 0 Å². The molecule has 278 valence electrons. The number of anilines is 3. The van der Waals surface area contributed by atoms with Crippen molar-refractivity contribution in [2.45, 2.75) is 0 Å². The summed E-state index contributed by atoms with van der Waals surface area (Å²) >= 11 is 0. The predicted molar refractivity (Wildman–Crippen MR) is 251 cm³/mol. The molecule has 0 amide bonds. The first-order valence-electron chi connectivity index (χ1n) is 21.9. The van der Waals surface area contributed by atoms with Gasteiger partial charge in [0, 0.05) is 17.1 Å². The predicted octanol–water partition coefficient (Wildman–Crippen LogP) is 16.3. The largest absolute Gasteiger partial charge is 0.310 e. The van der Waals surface area contributed by atoms with Gasteiger partial charge in [0.05, 0.1) is 5.48 Å². The van der Waals surface area contributed by atoms with Crippen LogP contribution in [0, 0.1) is 0 Å². The Morgan fingerprint density at radius 3 is 1.19 bits per heavy atom. The molecule has 0 heterocycles. The molecule has 0 spiro atoms. The minimum absolute atomic E-state index is 0.0167. The molecule has 0 aliphatic heterocycles. The highest BCUT2D eigenvalue weighted by molar-refractivity contribution is 5.89. The van der Waals surface area contributed by atoms with Crippen LogP contribution in [0.5, 0.6) is 0 Å². The Kier molecular flexibility index (Phi) is 8.51. The summed E-state index contributed by atoms with van der Waals surface area (Å²) in [6.07, 6.45) is 0. The van der Waals surface area contributed by atoms with Gasteiger partial charge in [0.2, 0.25) is 0 Å². The summed E-state index contributed by atoms with van der Waals surface area (Å²) in [6, 6.07) is 76.0. The third-order valence-electron chi connectivity index (χ3n) is 10.9. The van der Waals surface area contributed by atoms with Crippen molar-refractivity contribution < 1.29 is 5.48 Å². The van der Waals surface area contributed by atoms with Crippen molar-refractivity contribution in [1.82, 2.24) is 0 Å². The monoisotopic (exact) mass is 755 g/mol. The van der Waals surface area contributed by atoms with Crippen molar-refractivity contribution in [3.8, 4) is 66.8 Å². The van der Waals surface area contributed by atoms with E-state index in [1.807, 2.05) is 102 Å². The van der Waals surface area contributed by atoms with Crippen LogP contribution in [0.4, 0.5) is 17.1 Å². The highest BCUT2D eigenvalue weighted by Gasteiger charge is 2.16. The first kappa shape index (κ1) is 31.4. The zero-order valence-corrected chi connectivity index (χ0v) is 32.3. The van der Waals surface area contributed by atoms with E-state index in [0.717, 1.165) is 77.8 Å². The number of nitrogens with zero attached hydrogens (tertiary/aromatic N) is 1. The Labute approximate surface area is 352 Å². The van der Waals surface area contributed by atoms with Gasteiger partial charge in [-0.15, -0.1) is 0 Å². The molecule has 0 unspecified atom stereocenters. The summed E-state index contributed by atoms with van der Waals surface area (Å²) < 4.78 is 37.4. The maximum atomic E-state index is 9.80. The summed E-state index contributed by atoms with van der Waals surface area (Å²) in [6.45, 7) is 0. The Hall–Kier alpha value is -7.74. The lowest BCUT2D eigenvalue weighted by Crippen LogP contribution is -2.10. The van der Waals surface area contributed by atoms with Gasteiger partial charge in [-0.25, -0.2) is 0 Å². The molecular weight excluding hydrogens is 711 g/mol. The quantitative estimate of drug-likeness (QED) is 0.142. The second-order valence-electron chi connectivity index (χ2n) is 14.7. The van der Waals surface area contributed by atoms with Gasteiger partial charge in [-0.1, -0.05) is 182 Å². The molecule has 0 fully saturated rings. The number of hydrogen-bond acceptors (Lipinski definition) is 1. The van der Waals surface area contributed by atoms with Crippen molar-refractivity contribution in [2.75, 3.05) is 4.90 Å². The summed E-state index contributed by atoms with van der Waals surface area (Å²) in [5.74, 6) is 0. The lowest BCUT2D eigenvalue weighted by atomic mass is 9.93. The fourth-order valence-electron chi connectivity index (χ4n) is 7.85. The van der Waals surface area contributed by atoms with Crippen molar-refractivity contribution in [1.29, 1.82) is 0 Å². The topological polar surface area (TPSA) is 3.24 Å². The van der Waals surface area contributed by atoms with Crippen LogP contribution >= 0.6 is 0 Å². The molecule has 10 rings (SSSR count). The van der Waals surface area contributed by atoms with E-state index < -0.39 is 0 Å². The summed E-state index contributed by atoms with van der Waals surface area (Å²) in [7, 11) is 0. The third-order valence-corrected chi connectivity index (χ3v) is 10.9. The molecule has 0 radical (unpaired) electrons. The number of fused-ring (bicyclic) bond motifs is 1. The zero-order valence-electron chi connectivity index (χ0n) is 36.3. The van der Waals surface area contributed by atoms with E-state index in [-0.39, 0.29) is 29.9 Å². The smallest absolute Gasteiger partial charge is 0.0651 e. The summed E-state index contributed by atoms with van der Waals surface area (Å²) in [4.78, 5) is 1.90. The molecule has 10 aromatic carbocycles. The van der Waals surface area contributed by atoms with E-state index in [0.29, 0.717) is 11.1 Å². The van der Waals surface area contributed by atoms with Crippen LogP contribution in [-0.4, -0.2) is 0 Å². The van der Waals surface area contributed by atoms with E-state index in [4.69, 9.17) is 2.74 Å². The molecule has 10 aromatic rings. The molecule has 0 aliphatic carbocycles. The van der Waals surface area contributed by atoms with Gasteiger partial charge in [-0.3, -0.25) is 0 Å². The molecule has 1 heteroatoms. The van der Waals surface area contributed by atoms with Crippen molar-refractivity contribution >= 4 is 27.8 Å². The standard InChI is InChI=1S/C58H41N/c1-4-14-42(15-5-1)49-22-12-23-50(36-49)46-28-32-56(33-29-46)59(58-25-13-24-51(41-58)52-27-26-45-20-10-11-21-48(45)37-52)57-34-30-47(31-35-57)55-39-53(43-16-6-2-7-17-43)38-54(40-55)44-18-8-3-9-19-44/h1-41H/i13D,24D,25D,41D. The first-order chi connectivity index (χ1) is 30.9. The maximum Gasteiger partial charge on any atom is 0.0651 e. The molecule has 0 aromatic heterocycles. The van der Waals surface area contributed by atoms with Crippen molar-refractivity contribution in [3.63, 3.8) is 0 Å². The van der Waals surface area contributed by atoms with Gasteiger partial charge in [0.25, 0.3) is 0 Å². The molecule has 0 saturated heterocycles. The normalized spacial score (nSPS) is 12.0. The highest BCUT2D eigenvalue weighted by atomic mass is 15.1. The van der Waals surface area contributed by atoms with Crippen LogP contribution in [0.3, 0.4) is 0 Å². The molecule has 0 atom stereocenters. The lowest BCUT2D eigenvalue weighted by Gasteiger charge is -2.26. The molecular formula is C58H41N. The van der Waals surface area contributed by atoms with Crippen LogP contribution in [0.2, 0.25) is 0 Å². The van der Waals surface area contributed by atoms with Crippen LogP contribution in [0.15, 0.2) is 249 Å². The van der Waals surface area contributed by atoms with Crippen LogP contribution in [0.25, 0.3) is 77.5 Å². The van der Waals surface area contributed by atoms with Gasteiger partial charge in [0.15, 0.2) is 0 Å². The lowest BCUT2D eigenvalue weighted by molar-refractivity contribution is 1.28. The van der Waals surface area contributed by atoms with Gasteiger partial charge in [-0.05, 0) is 144 Å². The Morgan fingerprint density at radius 1 is 0.254 bits per heavy atom. The van der Waals surface area contributed by atoms with Gasteiger partial charge in [0.1, 0.15) is 0 Å². The third kappa shape index (κ3) is 7.58. The van der Waals surface area contributed by atoms with Gasteiger partial charge < -0.3 is 4.90 Å². The number of hydrogen-bond donors (Lipinski definition) is 0. The highest BCUT2D eigenvalue weighted by Crippen LogP contribution is 2.40. The SMILES string of the molecule is [2H]c1c([2H])c(-c2ccc3ccccc3c2)c([2H])c(N(c2ccc(-c3cccc(-c4ccccc4)c3)cc2)c2ccc(-c3cc(-c4ccccc4)cc(-c4ccccc4)c3)cc2)c1[2H]. The fourth-order valence-corrected chi connectivity index (χ4v) is 7.85. The van der Waals surface area contributed by atoms with E-state index in [1.54, 1.807) is 0 Å². The summed E-state index contributed by atoms with van der Waals surface area (Å²) in [5, 5.41) is 2.02. The average molecular weight is 756 g/mol. The molecule has 0 aliphatic rings. The van der Waals surface area contributed by atoms with E-state index in [1.165, 1.54) is 0 Å². The Balaban J connectivity index is 1.11. The molecule has 0 N–H and O–H groups in total. The minimum atomic E-state index is -0.230. The van der Waals surface area contributed by atoms with Crippen molar-refractivity contribution in [2.24, 2.45) is 0 Å². The molecule has 1 nitrogen and oxygen atoms in total. The summed E-state index contributed by atoms with van der Waals surface area (Å²) in [5.41, 5.74) is 13.6. The second kappa shape index (κ2) is 16.0. The average Bonchev–Trinajstić information content (AvgIpc) is 3.35. The molecule has 0 bridgehead atoms. The Morgan fingerprint density at radius 2 is 0.644 bits per heavy atom. The minimum Gasteiger partial charge on any atom is -0.310 e.